The van der Waals surface area contributed by atoms with Crippen molar-refractivity contribution in [2.24, 2.45) is 5.92 Å². The minimum Gasteiger partial charge on any atom is -0.481 e. The Kier molecular flexibility index (Phi) is 3.86. The van der Waals surface area contributed by atoms with Gasteiger partial charge in [-0.3, -0.25) is 9.59 Å². The molecule has 0 saturated carbocycles. The van der Waals surface area contributed by atoms with E-state index in [9.17, 15) is 14.4 Å². The largest absolute Gasteiger partial charge is 0.481 e. The molecule has 2 rings (SSSR count). The van der Waals surface area contributed by atoms with Gasteiger partial charge in [0.25, 0.3) is 0 Å². The molecule has 0 fully saturated rings. The van der Waals surface area contributed by atoms with E-state index in [1.54, 1.807) is 0 Å². The van der Waals surface area contributed by atoms with Crippen LogP contribution in [0.2, 0.25) is 5.02 Å². The molecule has 0 atom stereocenters. The van der Waals surface area contributed by atoms with Crippen molar-refractivity contribution in [2.75, 3.05) is 0 Å². The highest BCUT2D eigenvalue weighted by molar-refractivity contribution is 6.35. The lowest BCUT2D eigenvalue weighted by atomic mass is 9.97. The third-order valence-corrected chi connectivity index (χ3v) is 3.27. The van der Waals surface area contributed by atoms with Gasteiger partial charge < -0.3 is 19.7 Å². The summed E-state index contributed by atoms with van der Waals surface area (Å²) in [5.74, 6) is -6.83. The summed E-state index contributed by atoms with van der Waals surface area (Å²) < 4.78 is 5.13. The summed E-state index contributed by atoms with van der Waals surface area (Å²) in [4.78, 5) is 33.1. The lowest BCUT2D eigenvalue weighted by molar-refractivity contribution is -0.154. The van der Waals surface area contributed by atoms with Gasteiger partial charge in [0.15, 0.2) is 11.5 Å². The monoisotopic (exact) mass is 312 g/mol. The Balaban J connectivity index is 2.63. The maximum atomic E-state index is 11.2. The fraction of sp³-hybridized carbons (Fsp3) is 0.154. The number of aliphatic carboxylic acids is 2. The van der Waals surface area contributed by atoms with Crippen LogP contribution >= 0.6 is 11.6 Å². The molecule has 0 amide bonds. The van der Waals surface area contributed by atoms with Crippen LogP contribution in [0.1, 0.15) is 16.1 Å². The van der Waals surface area contributed by atoms with Gasteiger partial charge in [0.1, 0.15) is 0 Å². The lowest BCUT2D eigenvalue weighted by Gasteiger charge is -2.06. The van der Waals surface area contributed by atoms with Crippen LogP contribution in [0.5, 0.6) is 0 Å². The molecule has 8 heteroatoms. The maximum Gasteiger partial charge on any atom is 0.372 e. The molecule has 1 aromatic heterocycles. The Morgan fingerprint density at radius 1 is 1.14 bits per heavy atom. The smallest absolute Gasteiger partial charge is 0.372 e. The maximum absolute atomic E-state index is 11.2. The summed E-state index contributed by atoms with van der Waals surface area (Å²) in [6.45, 7) is 0. The molecule has 0 saturated heterocycles. The number of hydrogen-bond acceptors (Lipinski definition) is 4. The van der Waals surface area contributed by atoms with Gasteiger partial charge in [0, 0.05) is 17.4 Å². The van der Waals surface area contributed by atoms with Crippen LogP contribution in [0.3, 0.4) is 0 Å². The van der Waals surface area contributed by atoms with Crippen molar-refractivity contribution in [1.82, 2.24) is 0 Å². The second-order valence-corrected chi connectivity index (χ2v) is 4.67. The van der Waals surface area contributed by atoms with Crippen LogP contribution in [0.15, 0.2) is 22.6 Å². The molecule has 0 aliphatic heterocycles. The topological polar surface area (TPSA) is 125 Å². The molecule has 110 valence electrons. The van der Waals surface area contributed by atoms with E-state index in [2.05, 4.69) is 0 Å². The third kappa shape index (κ3) is 2.68. The molecule has 0 aliphatic rings. The molecular formula is C13H9ClO7. The second-order valence-electron chi connectivity index (χ2n) is 4.26. The van der Waals surface area contributed by atoms with Crippen LogP contribution in [0, 0.1) is 5.92 Å². The molecule has 0 radical (unpaired) electrons. The fourth-order valence-corrected chi connectivity index (χ4v) is 2.21. The minimum atomic E-state index is -1.78. The predicted molar refractivity (Wildman–Crippen MR) is 70.6 cm³/mol. The molecule has 1 heterocycles. The van der Waals surface area contributed by atoms with E-state index in [4.69, 9.17) is 31.3 Å². The minimum absolute atomic E-state index is 0.00481. The Morgan fingerprint density at radius 2 is 1.76 bits per heavy atom. The van der Waals surface area contributed by atoms with Crippen LogP contribution in [0.25, 0.3) is 11.0 Å². The standard InChI is InChI=1S/C13H9ClO7/c14-8-3-1-2-5-6(4-7(11(15)16)12(17)18)10(13(19)20)21-9(5)8/h1-3,7H,4H2,(H,15,16)(H,17,18)(H,19,20). The Bertz CT molecular complexity index is 732. The summed E-state index contributed by atoms with van der Waals surface area (Å²) in [5.41, 5.74) is 0.0795. The number of fused-ring (bicyclic) bond motifs is 1. The summed E-state index contributed by atoms with van der Waals surface area (Å²) >= 11 is 5.89. The van der Waals surface area contributed by atoms with Gasteiger partial charge in [0.05, 0.1) is 5.02 Å². The quantitative estimate of drug-likeness (QED) is 0.722. The highest BCUT2D eigenvalue weighted by Crippen LogP contribution is 2.32. The van der Waals surface area contributed by atoms with Gasteiger partial charge in [-0.15, -0.1) is 0 Å². The van der Waals surface area contributed by atoms with Crippen molar-refractivity contribution >= 4 is 40.5 Å². The van der Waals surface area contributed by atoms with Gasteiger partial charge in [-0.25, -0.2) is 4.79 Å². The highest BCUT2D eigenvalue weighted by Gasteiger charge is 2.31. The Labute approximate surface area is 122 Å². The Hall–Kier alpha value is -2.54. The van der Waals surface area contributed by atoms with Crippen molar-refractivity contribution in [2.45, 2.75) is 6.42 Å². The average molecular weight is 313 g/mol. The third-order valence-electron chi connectivity index (χ3n) is 2.97. The molecule has 21 heavy (non-hydrogen) atoms. The van der Waals surface area contributed by atoms with E-state index in [-0.39, 0.29) is 21.6 Å². The van der Waals surface area contributed by atoms with E-state index in [0.29, 0.717) is 0 Å². The van der Waals surface area contributed by atoms with E-state index in [1.807, 2.05) is 0 Å². The lowest BCUT2D eigenvalue weighted by Crippen LogP contribution is -2.26. The van der Waals surface area contributed by atoms with Crippen molar-refractivity contribution < 1.29 is 34.1 Å². The first kappa shape index (κ1) is 14.9. The number of carbonyl (C=O) groups is 3. The molecule has 7 nitrogen and oxygen atoms in total. The van der Waals surface area contributed by atoms with Gasteiger partial charge in [-0.1, -0.05) is 23.7 Å². The molecule has 0 aliphatic carbocycles. The molecule has 0 spiro atoms. The van der Waals surface area contributed by atoms with E-state index in [1.165, 1.54) is 18.2 Å². The number of carboxylic acids is 3. The predicted octanol–water partition coefficient (Wildman–Crippen LogP) is 2.11. The number of rotatable bonds is 5. The van der Waals surface area contributed by atoms with E-state index in [0.717, 1.165) is 0 Å². The molecule has 3 N–H and O–H groups in total. The first-order valence-electron chi connectivity index (χ1n) is 5.71. The van der Waals surface area contributed by atoms with Crippen molar-refractivity contribution in [3.05, 3.63) is 34.5 Å². The summed E-state index contributed by atoms with van der Waals surface area (Å²) in [7, 11) is 0. The first-order valence-corrected chi connectivity index (χ1v) is 6.09. The summed E-state index contributed by atoms with van der Waals surface area (Å²) in [6.07, 6.45) is -0.514. The fourth-order valence-electron chi connectivity index (χ4n) is 2.00. The van der Waals surface area contributed by atoms with Crippen LogP contribution < -0.4 is 0 Å². The molecular weight excluding hydrogens is 304 g/mol. The van der Waals surface area contributed by atoms with Crippen LogP contribution in [-0.2, 0) is 16.0 Å². The molecule has 0 unspecified atom stereocenters. The van der Waals surface area contributed by atoms with E-state index < -0.39 is 36.0 Å². The molecule has 2 aromatic rings. The van der Waals surface area contributed by atoms with E-state index >= 15 is 0 Å². The number of carboxylic acid groups (broad SMARTS) is 3. The molecule has 1 aromatic carbocycles. The number of benzene rings is 1. The normalized spacial score (nSPS) is 11.0. The Morgan fingerprint density at radius 3 is 2.29 bits per heavy atom. The summed E-state index contributed by atoms with van der Waals surface area (Å²) in [5, 5.41) is 27.4. The van der Waals surface area contributed by atoms with Crippen molar-refractivity contribution in [1.29, 1.82) is 0 Å². The first-order chi connectivity index (χ1) is 9.82. The second kappa shape index (κ2) is 5.45. The number of hydrogen-bond donors (Lipinski definition) is 3. The van der Waals surface area contributed by atoms with Gasteiger partial charge in [0.2, 0.25) is 5.76 Å². The van der Waals surface area contributed by atoms with Gasteiger partial charge >= 0.3 is 17.9 Å². The zero-order valence-electron chi connectivity index (χ0n) is 10.4. The van der Waals surface area contributed by atoms with Gasteiger partial charge in [-0.05, 0) is 6.07 Å². The van der Waals surface area contributed by atoms with Crippen LogP contribution in [-0.4, -0.2) is 33.2 Å². The zero-order valence-corrected chi connectivity index (χ0v) is 11.1. The number of furan rings is 1. The van der Waals surface area contributed by atoms with Crippen molar-refractivity contribution in [3.63, 3.8) is 0 Å². The number of aromatic carboxylic acids is 1. The zero-order chi connectivity index (χ0) is 15.7. The highest BCUT2D eigenvalue weighted by atomic mass is 35.5. The molecule has 0 bridgehead atoms. The van der Waals surface area contributed by atoms with Crippen LogP contribution in [0.4, 0.5) is 0 Å². The number of para-hydroxylation sites is 1. The van der Waals surface area contributed by atoms with Crippen molar-refractivity contribution in [3.8, 4) is 0 Å². The van der Waals surface area contributed by atoms with Gasteiger partial charge in [-0.2, -0.15) is 0 Å². The SMILES string of the molecule is O=C(O)c1oc2c(Cl)cccc2c1CC(C(=O)O)C(=O)O. The number of halogens is 1. The summed E-state index contributed by atoms with van der Waals surface area (Å²) in [6, 6.07) is 4.51. The average Bonchev–Trinajstić information content (AvgIpc) is 2.75.